The fourth-order valence-corrected chi connectivity index (χ4v) is 1.14. The second-order valence-electron chi connectivity index (χ2n) is 3.18. The van der Waals surface area contributed by atoms with E-state index in [1.807, 2.05) is 0 Å². The third-order valence-corrected chi connectivity index (χ3v) is 1.79. The van der Waals surface area contributed by atoms with Crippen LogP contribution in [0.5, 0.6) is 5.75 Å². The highest BCUT2D eigenvalue weighted by atomic mass is 19.1. The van der Waals surface area contributed by atoms with Crippen LogP contribution in [0.4, 0.5) is 14.5 Å². The molecule has 0 radical (unpaired) electrons. The van der Waals surface area contributed by atoms with E-state index in [0.717, 1.165) is 6.07 Å². The van der Waals surface area contributed by atoms with Crippen molar-refractivity contribution in [3.63, 3.8) is 0 Å². The summed E-state index contributed by atoms with van der Waals surface area (Å²) >= 11 is 0. The number of hydrogen-bond acceptors (Lipinski definition) is 3. The molecule has 0 aliphatic carbocycles. The highest BCUT2D eigenvalue weighted by molar-refractivity contribution is 5.53. The molecule has 0 aliphatic heterocycles. The van der Waals surface area contributed by atoms with E-state index in [0.29, 0.717) is 12.7 Å². The van der Waals surface area contributed by atoms with Gasteiger partial charge in [-0.05, 0) is 6.92 Å². The highest BCUT2D eigenvalue weighted by Crippen LogP contribution is 2.26. The molecule has 0 saturated heterocycles. The molecule has 1 aromatic carbocycles. The Kier molecular flexibility index (Phi) is 3.85. The van der Waals surface area contributed by atoms with Crippen LogP contribution in [0, 0.1) is 11.6 Å². The first-order chi connectivity index (χ1) is 7.04. The van der Waals surface area contributed by atoms with Gasteiger partial charge in [0.1, 0.15) is 23.4 Å². The van der Waals surface area contributed by atoms with Gasteiger partial charge >= 0.3 is 0 Å². The van der Waals surface area contributed by atoms with Gasteiger partial charge in [0.2, 0.25) is 0 Å². The number of anilines is 1. The smallest absolute Gasteiger partial charge is 0.152 e. The topological polar surface area (TPSA) is 44.5 Å². The minimum atomic E-state index is -0.824. The second-order valence-corrected chi connectivity index (χ2v) is 3.18. The van der Waals surface area contributed by atoms with Crippen LogP contribution in [0.15, 0.2) is 12.1 Å². The number of rotatable bonds is 4. The third-order valence-electron chi connectivity index (χ3n) is 1.79. The molecule has 1 unspecified atom stereocenters. The molecule has 1 rings (SSSR count). The zero-order valence-electron chi connectivity index (χ0n) is 8.59. The summed E-state index contributed by atoms with van der Waals surface area (Å²) in [5.74, 6) is -1.55. The van der Waals surface area contributed by atoms with Gasteiger partial charge in [-0.2, -0.15) is 0 Å². The molecule has 1 atom stereocenters. The van der Waals surface area contributed by atoms with Crippen LogP contribution < -0.4 is 10.5 Å². The predicted molar refractivity (Wildman–Crippen MR) is 52.7 cm³/mol. The molecule has 84 valence electrons. The van der Waals surface area contributed by atoms with Gasteiger partial charge in [0.25, 0.3) is 0 Å². The maximum absolute atomic E-state index is 13.0. The van der Waals surface area contributed by atoms with Gasteiger partial charge < -0.3 is 15.2 Å². The Labute approximate surface area is 86.8 Å². The molecule has 3 nitrogen and oxygen atoms in total. The Morgan fingerprint density at radius 1 is 1.40 bits per heavy atom. The zero-order valence-corrected chi connectivity index (χ0v) is 8.59. The average Bonchev–Trinajstić information content (AvgIpc) is 2.13. The zero-order chi connectivity index (χ0) is 11.4. The molecule has 0 aliphatic rings. The Bertz CT molecular complexity index is 344. The molecular formula is C10H13F2NO2. The van der Waals surface area contributed by atoms with Gasteiger partial charge in [-0.3, -0.25) is 0 Å². The van der Waals surface area contributed by atoms with Crippen molar-refractivity contribution in [1.29, 1.82) is 0 Å². The number of halogens is 2. The van der Waals surface area contributed by atoms with Gasteiger partial charge in [-0.25, -0.2) is 8.78 Å². The van der Waals surface area contributed by atoms with Crippen LogP contribution in [-0.2, 0) is 4.74 Å². The van der Waals surface area contributed by atoms with Crippen molar-refractivity contribution in [3.05, 3.63) is 23.8 Å². The maximum atomic E-state index is 13.0. The lowest BCUT2D eigenvalue weighted by molar-refractivity contribution is 0.0922. The van der Waals surface area contributed by atoms with E-state index in [9.17, 15) is 8.78 Å². The molecule has 0 fully saturated rings. The molecule has 0 spiro atoms. The summed E-state index contributed by atoms with van der Waals surface area (Å²) < 4.78 is 35.9. The van der Waals surface area contributed by atoms with Gasteiger partial charge in [0.15, 0.2) is 5.82 Å². The Morgan fingerprint density at radius 3 is 2.67 bits per heavy atom. The number of hydrogen-bond donors (Lipinski definition) is 1. The lowest BCUT2D eigenvalue weighted by Crippen LogP contribution is -2.19. The molecule has 2 N–H and O–H groups in total. The second kappa shape index (κ2) is 4.93. The van der Waals surface area contributed by atoms with E-state index in [-0.39, 0.29) is 17.5 Å². The first-order valence-corrected chi connectivity index (χ1v) is 4.44. The lowest BCUT2D eigenvalue weighted by atomic mass is 10.2. The molecule has 0 heterocycles. The summed E-state index contributed by atoms with van der Waals surface area (Å²) in [4.78, 5) is 0. The largest absolute Gasteiger partial charge is 0.486 e. The van der Waals surface area contributed by atoms with Crippen LogP contribution in [0.25, 0.3) is 0 Å². The van der Waals surface area contributed by atoms with Crippen LogP contribution >= 0.6 is 0 Å². The SMILES string of the molecule is COCC(C)Oc1cc(F)cc(F)c1N. The molecule has 0 bridgehead atoms. The Balaban J connectivity index is 2.84. The first kappa shape index (κ1) is 11.7. The lowest BCUT2D eigenvalue weighted by Gasteiger charge is -2.15. The van der Waals surface area contributed by atoms with Crippen molar-refractivity contribution in [2.24, 2.45) is 0 Å². The van der Waals surface area contributed by atoms with E-state index in [1.54, 1.807) is 6.92 Å². The normalized spacial score (nSPS) is 12.5. The number of nitrogen functional groups attached to an aromatic ring is 1. The van der Waals surface area contributed by atoms with Crippen LogP contribution in [0.3, 0.4) is 0 Å². The molecule has 0 saturated carbocycles. The van der Waals surface area contributed by atoms with E-state index < -0.39 is 11.6 Å². The van der Waals surface area contributed by atoms with Crippen molar-refractivity contribution in [3.8, 4) is 5.75 Å². The van der Waals surface area contributed by atoms with Crippen LogP contribution in [0.1, 0.15) is 6.92 Å². The van der Waals surface area contributed by atoms with Crippen molar-refractivity contribution < 1.29 is 18.3 Å². The third kappa shape index (κ3) is 3.06. The maximum Gasteiger partial charge on any atom is 0.152 e. The van der Waals surface area contributed by atoms with Gasteiger partial charge in [0.05, 0.1) is 6.61 Å². The van der Waals surface area contributed by atoms with E-state index in [4.69, 9.17) is 15.2 Å². The minimum absolute atomic E-state index is 0.00273. The summed E-state index contributed by atoms with van der Waals surface area (Å²) in [6.07, 6.45) is -0.321. The number of ether oxygens (including phenoxy) is 2. The quantitative estimate of drug-likeness (QED) is 0.784. The molecule has 0 aromatic heterocycles. The standard InChI is InChI=1S/C10H13F2NO2/c1-6(5-14-2)15-9-4-7(11)3-8(12)10(9)13/h3-4,6H,5,13H2,1-2H3. The number of methoxy groups -OCH3 is 1. The first-order valence-electron chi connectivity index (χ1n) is 4.44. The molecule has 0 amide bonds. The monoisotopic (exact) mass is 217 g/mol. The minimum Gasteiger partial charge on any atom is -0.486 e. The van der Waals surface area contributed by atoms with E-state index in [2.05, 4.69) is 0 Å². The summed E-state index contributed by atoms with van der Waals surface area (Å²) in [6, 6.07) is 1.76. The highest BCUT2D eigenvalue weighted by Gasteiger charge is 2.12. The molecule has 15 heavy (non-hydrogen) atoms. The molecule has 1 aromatic rings. The summed E-state index contributed by atoms with van der Waals surface area (Å²) in [5, 5.41) is 0. The van der Waals surface area contributed by atoms with Crippen molar-refractivity contribution >= 4 is 5.69 Å². The van der Waals surface area contributed by atoms with Crippen molar-refractivity contribution in [2.75, 3.05) is 19.5 Å². The van der Waals surface area contributed by atoms with Crippen LogP contribution in [-0.4, -0.2) is 19.8 Å². The van der Waals surface area contributed by atoms with Crippen LogP contribution in [0.2, 0.25) is 0 Å². The Morgan fingerprint density at radius 2 is 2.07 bits per heavy atom. The van der Waals surface area contributed by atoms with Gasteiger partial charge in [-0.1, -0.05) is 0 Å². The Hall–Kier alpha value is -1.36. The van der Waals surface area contributed by atoms with Gasteiger partial charge in [0, 0.05) is 19.2 Å². The van der Waals surface area contributed by atoms with Crippen molar-refractivity contribution in [1.82, 2.24) is 0 Å². The summed E-state index contributed by atoms with van der Waals surface area (Å²) in [5.41, 5.74) is 5.19. The molecular weight excluding hydrogens is 204 g/mol. The van der Waals surface area contributed by atoms with Gasteiger partial charge in [-0.15, -0.1) is 0 Å². The van der Waals surface area contributed by atoms with E-state index >= 15 is 0 Å². The molecule has 5 heteroatoms. The predicted octanol–water partition coefficient (Wildman–Crippen LogP) is 1.96. The number of nitrogens with two attached hydrogens (primary N) is 1. The fourth-order valence-electron chi connectivity index (χ4n) is 1.14. The fraction of sp³-hybridized carbons (Fsp3) is 0.400. The average molecular weight is 217 g/mol. The van der Waals surface area contributed by atoms with E-state index in [1.165, 1.54) is 7.11 Å². The summed E-state index contributed by atoms with van der Waals surface area (Å²) in [7, 11) is 1.51. The number of benzene rings is 1. The van der Waals surface area contributed by atoms with Crippen molar-refractivity contribution in [2.45, 2.75) is 13.0 Å². The summed E-state index contributed by atoms with van der Waals surface area (Å²) in [6.45, 7) is 2.03.